The van der Waals surface area contributed by atoms with E-state index in [9.17, 15) is 9.59 Å². The molecular weight excluding hydrogens is 363 g/mol. The van der Waals surface area contributed by atoms with E-state index in [0.29, 0.717) is 30.6 Å². The number of carbonyl (C=O) groups is 2. The second kappa shape index (κ2) is 10.6. The molecule has 2 rings (SSSR count). The summed E-state index contributed by atoms with van der Waals surface area (Å²) in [6.45, 7) is 7.56. The molecule has 2 amide bonds. The molecule has 0 unspecified atom stereocenters. The summed E-state index contributed by atoms with van der Waals surface area (Å²) in [4.78, 5) is 26.4. The van der Waals surface area contributed by atoms with Crippen molar-refractivity contribution in [3.63, 3.8) is 0 Å². The van der Waals surface area contributed by atoms with Crippen LogP contribution in [0.5, 0.6) is 0 Å². The minimum Gasteiger partial charge on any atom is -0.351 e. The van der Waals surface area contributed by atoms with Gasteiger partial charge in [0.05, 0.1) is 5.54 Å². The van der Waals surface area contributed by atoms with Crippen molar-refractivity contribution in [2.75, 3.05) is 31.5 Å². The minimum absolute atomic E-state index is 0. The van der Waals surface area contributed by atoms with E-state index in [1.165, 1.54) is 0 Å². The molecule has 0 atom stereocenters. The Morgan fingerprint density at radius 2 is 1.84 bits per heavy atom. The van der Waals surface area contributed by atoms with Crippen molar-refractivity contribution in [2.45, 2.75) is 32.2 Å². The zero-order valence-electron chi connectivity index (χ0n) is 14.7. The smallest absolute Gasteiger partial charge is 0.251 e. The van der Waals surface area contributed by atoms with Crippen LogP contribution in [0, 0.1) is 0 Å². The van der Waals surface area contributed by atoms with Gasteiger partial charge >= 0.3 is 0 Å². The number of nitrogens with zero attached hydrogens (tertiary/aromatic N) is 1. The van der Waals surface area contributed by atoms with E-state index >= 15 is 0 Å². The van der Waals surface area contributed by atoms with Gasteiger partial charge in [0.2, 0.25) is 5.91 Å². The molecule has 1 saturated carbocycles. The summed E-state index contributed by atoms with van der Waals surface area (Å²) < 4.78 is 0. The second-order valence-corrected chi connectivity index (χ2v) is 5.97. The highest BCUT2D eigenvalue weighted by Gasteiger charge is 2.45. The van der Waals surface area contributed by atoms with Gasteiger partial charge in [0.1, 0.15) is 0 Å². The van der Waals surface area contributed by atoms with Gasteiger partial charge in [-0.3, -0.25) is 9.59 Å². The summed E-state index contributed by atoms with van der Waals surface area (Å²) in [7, 11) is 0. The molecule has 142 valence electrons. The summed E-state index contributed by atoms with van der Waals surface area (Å²) in [5.41, 5.74) is 6.27. The van der Waals surface area contributed by atoms with E-state index in [-0.39, 0.29) is 36.6 Å². The van der Waals surface area contributed by atoms with Gasteiger partial charge in [-0.2, -0.15) is 0 Å². The first-order valence-corrected chi connectivity index (χ1v) is 8.19. The van der Waals surface area contributed by atoms with Crippen molar-refractivity contribution in [3.8, 4) is 0 Å². The van der Waals surface area contributed by atoms with Crippen molar-refractivity contribution < 1.29 is 9.59 Å². The van der Waals surface area contributed by atoms with Crippen molar-refractivity contribution in [3.05, 3.63) is 29.8 Å². The molecule has 1 aromatic carbocycles. The van der Waals surface area contributed by atoms with Gasteiger partial charge in [0.15, 0.2) is 0 Å². The van der Waals surface area contributed by atoms with Crippen LogP contribution in [0.25, 0.3) is 0 Å². The lowest BCUT2D eigenvalue weighted by Crippen LogP contribution is -2.38. The number of anilines is 1. The third kappa shape index (κ3) is 6.82. The Morgan fingerprint density at radius 1 is 1.20 bits per heavy atom. The van der Waals surface area contributed by atoms with Gasteiger partial charge in [0.25, 0.3) is 5.91 Å². The van der Waals surface area contributed by atoms with E-state index in [1.54, 1.807) is 24.3 Å². The van der Waals surface area contributed by atoms with Gasteiger partial charge in [-0.1, -0.05) is 19.9 Å². The topological polar surface area (TPSA) is 87.5 Å². The second-order valence-electron chi connectivity index (χ2n) is 5.97. The molecule has 1 fully saturated rings. The first-order chi connectivity index (χ1) is 11.0. The zero-order chi connectivity index (χ0) is 16.9. The van der Waals surface area contributed by atoms with Gasteiger partial charge in [0, 0.05) is 24.3 Å². The number of hydrogen-bond acceptors (Lipinski definition) is 4. The number of rotatable bonds is 8. The van der Waals surface area contributed by atoms with Gasteiger partial charge in [-0.25, -0.2) is 0 Å². The Morgan fingerprint density at radius 3 is 2.40 bits per heavy atom. The first-order valence-electron chi connectivity index (χ1n) is 8.19. The molecule has 6 nitrogen and oxygen atoms in total. The van der Waals surface area contributed by atoms with Crippen molar-refractivity contribution >= 4 is 42.3 Å². The van der Waals surface area contributed by atoms with E-state index in [2.05, 4.69) is 29.4 Å². The highest BCUT2D eigenvalue weighted by Crippen LogP contribution is 2.33. The fourth-order valence-corrected chi connectivity index (χ4v) is 2.32. The number of amides is 2. The largest absolute Gasteiger partial charge is 0.351 e. The summed E-state index contributed by atoms with van der Waals surface area (Å²) in [5.74, 6) is -0.321. The molecule has 8 heteroatoms. The number of carbonyl (C=O) groups excluding carboxylic acids is 2. The van der Waals surface area contributed by atoms with Crippen LogP contribution in [0.15, 0.2) is 24.3 Å². The van der Waals surface area contributed by atoms with Crippen LogP contribution < -0.4 is 16.4 Å². The summed E-state index contributed by atoms with van der Waals surface area (Å²) in [6, 6.07) is 6.93. The maximum Gasteiger partial charge on any atom is 0.251 e. The molecule has 0 aliphatic heterocycles. The van der Waals surface area contributed by atoms with Crippen LogP contribution >= 0.6 is 24.8 Å². The van der Waals surface area contributed by atoms with Gasteiger partial charge in [-0.05, 0) is 44.1 Å². The Hall–Kier alpha value is -1.34. The first kappa shape index (κ1) is 23.7. The Bertz CT molecular complexity index is 576. The predicted molar refractivity (Wildman–Crippen MR) is 106 cm³/mol. The van der Waals surface area contributed by atoms with E-state index in [0.717, 1.165) is 19.6 Å². The summed E-state index contributed by atoms with van der Waals surface area (Å²) in [6.07, 6.45) is 1.43. The molecule has 0 spiro atoms. The van der Waals surface area contributed by atoms with Crippen LogP contribution in [0.3, 0.4) is 0 Å². The fourth-order valence-electron chi connectivity index (χ4n) is 2.32. The molecule has 1 aliphatic carbocycles. The molecule has 1 aromatic rings. The lowest BCUT2D eigenvalue weighted by atomic mass is 10.1. The maximum atomic E-state index is 12.2. The Labute approximate surface area is 161 Å². The monoisotopic (exact) mass is 390 g/mol. The van der Waals surface area contributed by atoms with Crippen LogP contribution in [-0.2, 0) is 4.79 Å². The average molecular weight is 391 g/mol. The van der Waals surface area contributed by atoms with Crippen LogP contribution in [0.1, 0.15) is 37.0 Å². The van der Waals surface area contributed by atoms with Gasteiger partial charge < -0.3 is 21.3 Å². The molecule has 0 saturated heterocycles. The number of likely N-dealkylation sites (N-methyl/N-ethyl adjacent to an activating group) is 1. The number of benzene rings is 1. The summed E-state index contributed by atoms with van der Waals surface area (Å²) >= 11 is 0. The van der Waals surface area contributed by atoms with Crippen LogP contribution in [-0.4, -0.2) is 48.4 Å². The lowest BCUT2D eigenvalue weighted by molar-refractivity contribution is -0.118. The SMILES string of the molecule is CCN(CC)CCNC(=O)c1cccc(NC(=O)C2(N)CC2)c1.Cl.Cl. The van der Waals surface area contributed by atoms with Crippen molar-refractivity contribution in [1.29, 1.82) is 0 Å². The third-order valence-corrected chi connectivity index (χ3v) is 4.23. The molecule has 0 aromatic heterocycles. The standard InChI is InChI=1S/C17H26N4O2.2ClH/c1-3-21(4-2)11-10-19-15(22)13-6-5-7-14(12-13)20-16(23)17(18)8-9-17;;/h5-7,12H,3-4,8-11,18H2,1-2H3,(H,19,22)(H,20,23);2*1H. The number of nitrogens with two attached hydrogens (primary N) is 1. The highest BCUT2D eigenvalue weighted by molar-refractivity contribution is 6.01. The minimum atomic E-state index is -0.720. The average Bonchev–Trinajstić information content (AvgIpc) is 3.31. The number of nitrogens with one attached hydrogen (secondary N) is 2. The van der Waals surface area contributed by atoms with Crippen LogP contribution in [0.4, 0.5) is 5.69 Å². The highest BCUT2D eigenvalue weighted by atomic mass is 35.5. The Kier molecular flexibility index (Phi) is 10.0. The zero-order valence-corrected chi connectivity index (χ0v) is 16.3. The molecule has 0 heterocycles. The summed E-state index contributed by atoms with van der Waals surface area (Å²) in [5, 5.41) is 5.68. The van der Waals surface area contributed by atoms with E-state index in [1.807, 2.05) is 0 Å². The number of halogens is 2. The lowest BCUT2D eigenvalue weighted by Gasteiger charge is -2.18. The molecular formula is C17H28Cl2N4O2. The van der Waals surface area contributed by atoms with Crippen molar-refractivity contribution in [1.82, 2.24) is 10.2 Å². The molecule has 25 heavy (non-hydrogen) atoms. The Balaban J connectivity index is 0.00000288. The maximum absolute atomic E-state index is 12.2. The molecule has 0 radical (unpaired) electrons. The quantitative estimate of drug-likeness (QED) is 0.633. The van der Waals surface area contributed by atoms with E-state index in [4.69, 9.17) is 5.73 Å². The van der Waals surface area contributed by atoms with Crippen LogP contribution in [0.2, 0.25) is 0 Å². The fraction of sp³-hybridized carbons (Fsp3) is 0.529. The number of hydrogen-bond donors (Lipinski definition) is 3. The molecule has 0 bridgehead atoms. The molecule has 4 N–H and O–H groups in total. The molecule has 1 aliphatic rings. The van der Waals surface area contributed by atoms with Gasteiger partial charge in [-0.15, -0.1) is 24.8 Å². The third-order valence-electron chi connectivity index (χ3n) is 4.23. The normalized spacial score (nSPS) is 14.1. The van der Waals surface area contributed by atoms with Crippen molar-refractivity contribution in [2.24, 2.45) is 5.73 Å². The van der Waals surface area contributed by atoms with E-state index < -0.39 is 5.54 Å². The predicted octanol–water partition coefficient (Wildman–Crippen LogP) is 2.03.